The number of carbonyl (C=O) groups is 1. The Morgan fingerprint density at radius 3 is 2.14 bits per heavy atom. The zero-order valence-electron chi connectivity index (χ0n) is 25.4. The second-order valence-electron chi connectivity index (χ2n) is 10.7. The van der Waals surface area contributed by atoms with Crippen LogP contribution in [0.15, 0.2) is 65.8 Å². The summed E-state index contributed by atoms with van der Waals surface area (Å²) in [5.74, 6) is 1.17. The number of hydrogen-bond acceptors (Lipinski definition) is 6. The van der Waals surface area contributed by atoms with Gasteiger partial charge in [0.15, 0.2) is 11.5 Å². The van der Waals surface area contributed by atoms with Crippen LogP contribution in [-0.2, 0) is 4.79 Å². The Morgan fingerprint density at radius 2 is 1.58 bits per heavy atom. The van der Waals surface area contributed by atoms with Crippen LogP contribution in [0.5, 0.6) is 17.2 Å². The van der Waals surface area contributed by atoms with Crippen molar-refractivity contribution in [3.05, 3.63) is 72.1 Å². The van der Waals surface area contributed by atoms with Crippen molar-refractivity contribution in [2.75, 3.05) is 44.3 Å². The number of phenolic OH excluding ortho intramolecular Hbond substituents is 1. The largest absolute Gasteiger partial charge is 0.502 e. The number of benzene rings is 2. The Bertz CT molecular complexity index is 1310. The van der Waals surface area contributed by atoms with Gasteiger partial charge in [0.2, 0.25) is 11.7 Å². The second-order valence-corrected chi connectivity index (χ2v) is 10.7. The molecular weight excluding hydrogens is 542 g/mol. The predicted octanol–water partition coefficient (Wildman–Crippen LogP) is 6.26. The number of nitrogens with two attached hydrogens (primary N) is 1. The monoisotopic (exact) mass is 587 g/mol. The summed E-state index contributed by atoms with van der Waals surface area (Å²) in [5, 5.41) is 10.8. The molecule has 1 fully saturated rings. The Hall–Kier alpha value is -4.40. The normalized spacial score (nSPS) is 14.0. The van der Waals surface area contributed by atoms with Gasteiger partial charge in [-0.2, -0.15) is 0 Å². The number of unbranched alkanes of at least 4 members (excludes halogenated alkanes) is 4. The summed E-state index contributed by atoms with van der Waals surface area (Å²) >= 11 is 0. The molecule has 1 aromatic heterocycles. The number of H-pyrrole nitrogens is 1. The zero-order valence-corrected chi connectivity index (χ0v) is 25.4. The quantitative estimate of drug-likeness (QED) is 0.0837. The number of nitrogens with zero attached hydrogens (tertiary/aromatic N) is 3. The molecule has 0 aliphatic carbocycles. The summed E-state index contributed by atoms with van der Waals surface area (Å²) in [7, 11) is 0. The first kappa shape index (κ1) is 31.5. The number of amidine groups is 1. The van der Waals surface area contributed by atoms with Gasteiger partial charge in [-0.25, -0.2) is 4.99 Å². The lowest BCUT2D eigenvalue weighted by molar-refractivity contribution is -0.126. The summed E-state index contributed by atoms with van der Waals surface area (Å²) in [4.78, 5) is 24.7. The molecule has 1 aliphatic heterocycles. The third-order valence-corrected chi connectivity index (χ3v) is 7.42. The van der Waals surface area contributed by atoms with Crippen LogP contribution in [-0.4, -0.2) is 66.1 Å². The Kier molecular flexibility index (Phi) is 11.9. The molecule has 0 unspecified atom stereocenters. The maximum Gasteiger partial charge on any atom is 0.246 e. The number of rotatable bonds is 15. The second kappa shape index (κ2) is 16.3. The first-order valence-corrected chi connectivity index (χ1v) is 15.4. The van der Waals surface area contributed by atoms with Crippen LogP contribution in [0, 0.1) is 0 Å². The molecule has 1 amide bonds. The van der Waals surface area contributed by atoms with Crippen molar-refractivity contribution in [1.29, 1.82) is 0 Å². The van der Waals surface area contributed by atoms with E-state index < -0.39 is 0 Å². The number of aliphatic imine (C=N–C) groups is 1. The molecule has 3 aromatic rings. The Morgan fingerprint density at radius 1 is 0.953 bits per heavy atom. The average Bonchev–Trinajstić information content (AvgIpc) is 3.58. The molecular formula is C34H45N5O4. The van der Waals surface area contributed by atoms with Gasteiger partial charge in [0.25, 0.3) is 0 Å². The number of amides is 1. The molecule has 4 N–H and O–H groups in total. The minimum atomic E-state index is -0.0481. The van der Waals surface area contributed by atoms with Crippen molar-refractivity contribution in [3.63, 3.8) is 0 Å². The summed E-state index contributed by atoms with van der Waals surface area (Å²) in [6.45, 7) is 8.02. The molecule has 1 aliphatic rings. The molecule has 0 saturated carbocycles. The van der Waals surface area contributed by atoms with E-state index in [9.17, 15) is 9.90 Å². The number of piperazine rings is 1. The maximum absolute atomic E-state index is 13.1. The highest BCUT2D eigenvalue weighted by Gasteiger charge is 2.20. The van der Waals surface area contributed by atoms with Crippen molar-refractivity contribution < 1.29 is 19.4 Å². The van der Waals surface area contributed by atoms with Crippen LogP contribution >= 0.6 is 0 Å². The smallest absolute Gasteiger partial charge is 0.246 e. The number of carbonyl (C=O) groups excluding carboxylic acids is 1. The van der Waals surface area contributed by atoms with Gasteiger partial charge in [-0.3, -0.25) is 4.79 Å². The molecule has 2 heterocycles. The van der Waals surface area contributed by atoms with Crippen molar-refractivity contribution in [3.8, 4) is 17.2 Å². The van der Waals surface area contributed by atoms with E-state index in [0.717, 1.165) is 74.2 Å². The van der Waals surface area contributed by atoms with E-state index in [4.69, 9.17) is 15.2 Å². The Balaban J connectivity index is 1.34. The molecule has 1 saturated heterocycles. The SMILES string of the molecule is CCCCCOc1cc(C=CC(=O)N2CCN(c3ccc(N=C(N)c4ccc[nH]4)cc3)CC2)cc(OCCCCC)c1O. The van der Waals surface area contributed by atoms with Gasteiger partial charge in [0.1, 0.15) is 5.84 Å². The van der Waals surface area contributed by atoms with E-state index in [1.165, 1.54) is 0 Å². The fourth-order valence-corrected chi connectivity index (χ4v) is 4.87. The number of aromatic amines is 1. The molecule has 9 heteroatoms. The third-order valence-electron chi connectivity index (χ3n) is 7.42. The maximum atomic E-state index is 13.1. The van der Waals surface area contributed by atoms with Crippen LogP contribution in [0.25, 0.3) is 6.08 Å². The number of anilines is 1. The predicted molar refractivity (Wildman–Crippen MR) is 174 cm³/mol. The van der Waals surface area contributed by atoms with Gasteiger partial charge in [0.05, 0.1) is 24.6 Å². The summed E-state index contributed by atoms with van der Waals surface area (Å²) in [6, 6.07) is 15.3. The Labute approximate surface area is 255 Å². The number of phenols is 1. The number of aromatic hydroxyl groups is 1. The summed E-state index contributed by atoms with van der Waals surface area (Å²) in [6.07, 6.45) is 11.3. The molecule has 0 radical (unpaired) electrons. The van der Waals surface area contributed by atoms with Crippen LogP contribution in [0.4, 0.5) is 11.4 Å². The number of aromatic nitrogens is 1. The summed E-state index contributed by atoms with van der Waals surface area (Å²) < 4.78 is 11.8. The standard InChI is InChI=1S/C34H45N5O4/c1-3-5-7-22-42-30-24-26(25-31(33(30)41)43-23-8-6-4-2)11-16-32(40)39-20-18-38(19-21-39)28-14-12-27(13-15-28)37-34(35)29-10-9-17-36-29/h9-17,24-25,36,41H,3-8,18-23H2,1-2H3,(H2,35,37). The minimum Gasteiger partial charge on any atom is -0.502 e. The fraction of sp³-hybridized carbons (Fsp3) is 0.412. The molecule has 43 heavy (non-hydrogen) atoms. The lowest BCUT2D eigenvalue weighted by Crippen LogP contribution is -2.48. The first-order valence-electron chi connectivity index (χ1n) is 15.4. The van der Waals surface area contributed by atoms with Crippen molar-refractivity contribution in [1.82, 2.24) is 9.88 Å². The number of hydrogen-bond donors (Lipinski definition) is 3. The highest BCUT2D eigenvalue weighted by atomic mass is 16.5. The molecule has 0 bridgehead atoms. The molecule has 9 nitrogen and oxygen atoms in total. The topological polar surface area (TPSA) is 116 Å². The van der Waals surface area contributed by atoms with Gasteiger partial charge < -0.3 is 35.1 Å². The molecule has 4 rings (SSSR count). The van der Waals surface area contributed by atoms with Crippen molar-refractivity contribution >= 4 is 29.2 Å². The van der Waals surface area contributed by atoms with Gasteiger partial charge in [-0.15, -0.1) is 0 Å². The summed E-state index contributed by atoms with van der Waals surface area (Å²) in [5.41, 5.74) is 9.49. The highest BCUT2D eigenvalue weighted by Crippen LogP contribution is 2.38. The van der Waals surface area contributed by atoms with Gasteiger partial charge >= 0.3 is 0 Å². The van der Waals surface area contributed by atoms with E-state index in [-0.39, 0.29) is 11.7 Å². The molecule has 0 atom stereocenters. The average molecular weight is 588 g/mol. The van der Waals surface area contributed by atoms with Crippen LogP contribution in [0.1, 0.15) is 63.6 Å². The molecule has 2 aromatic carbocycles. The lowest BCUT2D eigenvalue weighted by atomic mass is 10.1. The minimum absolute atomic E-state index is 0.0106. The fourth-order valence-electron chi connectivity index (χ4n) is 4.87. The number of ether oxygens (including phenoxy) is 2. The number of nitrogens with one attached hydrogen (secondary N) is 1. The van der Waals surface area contributed by atoms with E-state index in [1.807, 2.05) is 47.5 Å². The van der Waals surface area contributed by atoms with Crippen LogP contribution in [0.3, 0.4) is 0 Å². The van der Waals surface area contributed by atoms with Crippen molar-refractivity contribution in [2.45, 2.75) is 52.4 Å². The van der Waals surface area contributed by atoms with Gasteiger partial charge in [0, 0.05) is 44.1 Å². The third kappa shape index (κ3) is 9.30. The zero-order chi connectivity index (χ0) is 30.4. The van der Waals surface area contributed by atoms with Crippen LogP contribution < -0.4 is 20.1 Å². The van der Waals surface area contributed by atoms with E-state index in [2.05, 4.69) is 28.7 Å². The first-order chi connectivity index (χ1) is 21.0. The van der Waals surface area contributed by atoms with Crippen LogP contribution in [0.2, 0.25) is 0 Å². The van der Waals surface area contributed by atoms with Gasteiger partial charge in [-0.05, 0) is 73.0 Å². The molecule has 0 spiro atoms. The van der Waals surface area contributed by atoms with E-state index >= 15 is 0 Å². The van der Waals surface area contributed by atoms with E-state index in [0.29, 0.717) is 43.6 Å². The van der Waals surface area contributed by atoms with E-state index in [1.54, 1.807) is 24.3 Å². The lowest BCUT2D eigenvalue weighted by Gasteiger charge is -2.35. The van der Waals surface area contributed by atoms with Crippen molar-refractivity contribution in [2.24, 2.45) is 10.7 Å². The van der Waals surface area contributed by atoms with Gasteiger partial charge in [-0.1, -0.05) is 39.5 Å². The molecule has 230 valence electrons. The highest BCUT2D eigenvalue weighted by molar-refractivity contribution is 5.97.